The molecule has 3 atom stereocenters. The Hall–Kier alpha value is -3.83. The summed E-state index contributed by atoms with van der Waals surface area (Å²) < 4.78 is 25.2. The Labute approximate surface area is 220 Å². The lowest BCUT2D eigenvalue weighted by molar-refractivity contribution is -0.139. The number of carbonyl (C=O) groups is 4. The Balaban J connectivity index is 0.00000684. The number of hydrogen-bond donors (Lipinski definition) is 2. The quantitative estimate of drug-likeness (QED) is 0.238. The van der Waals surface area contributed by atoms with Crippen LogP contribution in [0.5, 0.6) is 11.5 Å². The van der Waals surface area contributed by atoms with E-state index in [1.54, 1.807) is 51.1 Å². The van der Waals surface area contributed by atoms with Crippen molar-refractivity contribution in [3.63, 3.8) is 0 Å². The van der Waals surface area contributed by atoms with E-state index in [1.165, 1.54) is 18.2 Å². The van der Waals surface area contributed by atoms with Gasteiger partial charge in [0.25, 0.3) is 0 Å². The standard InChI is InChI=1S/C25H29NO10.ClH/c1-4-32-24(30)35-19-12-11-17(14-20(19)36-25(31)33-5-2)18(21(26)22(27)28)13-15(3)34-23(29)16-9-7-6-8-10-16;/h6-12,14-15,18,21H,4-5,13,26H2,1-3H3,(H,27,28);1H/t15-,18?,21+;/m1./s1. The third-order valence-corrected chi connectivity index (χ3v) is 4.93. The molecule has 2 rings (SSSR count). The number of carboxylic acid groups (broad SMARTS) is 1. The van der Waals surface area contributed by atoms with Crippen LogP contribution in [0.25, 0.3) is 0 Å². The van der Waals surface area contributed by atoms with Crippen LogP contribution in [0.2, 0.25) is 0 Å². The minimum absolute atomic E-state index is 0. The van der Waals surface area contributed by atoms with E-state index in [9.17, 15) is 24.3 Å². The van der Waals surface area contributed by atoms with E-state index in [-0.39, 0.29) is 43.5 Å². The summed E-state index contributed by atoms with van der Waals surface area (Å²) in [6.45, 7) is 4.86. The Morgan fingerprint density at radius 1 is 0.892 bits per heavy atom. The van der Waals surface area contributed by atoms with Crippen LogP contribution < -0.4 is 15.2 Å². The topological polar surface area (TPSA) is 161 Å². The lowest BCUT2D eigenvalue weighted by Crippen LogP contribution is -2.38. The van der Waals surface area contributed by atoms with Gasteiger partial charge in [0, 0.05) is 5.92 Å². The molecule has 0 aliphatic heterocycles. The summed E-state index contributed by atoms with van der Waals surface area (Å²) in [4.78, 5) is 47.9. The van der Waals surface area contributed by atoms with Gasteiger partial charge in [-0.2, -0.15) is 0 Å². The fraction of sp³-hybridized carbons (Fsp3) is 0.360. The van der Waals surface area contributed by atoms with Gasteiger partial charge in [-0.15, -0.1) is 12.4 Å². The second kappa shape index (κ2) is 15.3. The fourth-order valence-electron chi connectivity index (χ4n) is 3.29. The van der Waals surface area contributed by atoms with Gasteiger partial charge in [-0.05, 0) is 57.0 Å². The summed E-state index contributed by atoms with van der Waals surface area (Å²) in [7, 11) is 0. The first-order chi connectivity index (χ1) is 17.2. The van der Waals surface area contributed by atoms with E-state index in [2.05, 4.69) is 0 Å². The average Bonchev–Trinajstić information content (AvgIpc) is 2.84. The summed E-state index contributed by atoms with van der Waals surface area (Å²) in [6, 6.07) is 11.0. The van der Waals surface area contributed by atoms with Gasteiger partial charge in [0.2, 0.25) is 0 Å². The van der Waals surface area contributed by atoms with Gasteiger partial charge in [-0.1, -0.05) is 24.3 Å². The highest BCUT2D eigenvalue weighted by Crippen LogP contribution is 2.35. The van der Waals surface area contributed by atoms with Gasteiger partial charge in [0.05, 0.1) is 18.8 Å². The zero-order valence-corrected chi connectivity index (χ0v) is 21.4. The minimum Gasteiger partial charge on any atom is -0.480 e. The van der Waals surface area contributed by atoms with Crippen molar-refractivity contribution in [3.8, 4) is 11.5 Å². The zero-order chi connectivity index (χ0) is 26.7. The van der Waals surface area contributed by atoms with E-state index in [0.29, 0.717) is 11.1 Å². The summed E-state index contributed by atoms with van der Waals surface area (Å²) in [6.07, 6.45) is -2.78. The number of nitrogens with two attached hydrogens (primary N) is 1. The van der Waals surface area contributed by atoms with E-state index in [0.717, 1.165) is 0 Å². The van der Waals surface area contributed by atoms with Crippen LogP contribution in [0, 0.1) is 0 Å². The third-order valence-electron chi connectivity index (χ3n) is 4.93. The van der Waals surface area contributed by atoms with Crippen LogP contribution in [0.1, 0.15) is 49.0 Å². The second-order valence-corrected chi connectivity index (χ2v) is 7.56. The van der Waals surface area contributed by atoms with E-state index in [4.69, 9.17) is 29.4 Å². The first-order valence-corrected chi connectivity index (χ1v) is 11.2. The molecule has 2 aromatic carbocycles. The van der Waals surface area contributed by atoms with Gasteiger partial charge in [-0.25, -0.2) is 14.4 Å². The number of ether oxygens (including phenoxy) is 5. The normalized spacial score (nSPS) is 12.6. The predicted octanol–water partition coefficient (Wildman–Crippen LogP) is 4.31. The van der Waals surface area contributed by atoms with Crippen molar-refractivity contribution in [2.45, 2.75) is 45.3 Å². The van der Waals surface area contributed by atoms with Crippen LogP contribution in [0.3, 0.4) is 0 Å². The molecule has 0 bridgehead atoms. The lowest BCUT2D eigenvalue weighted by atomic mass is 9.87. The van der Waals surface area contributed by atoms with Crippen LogP contribution in [0.15, 0.2) is 48.5 Å². The molecule has 0 fully saturated rings. The number of carbonyl (C=O) groups excluding carboxylic acids is 3. The molecule has 0 saturated carbocycles. The monoisotopic (exact) mass is 539 g/mol. The number of rotatable bonds is 11. The Bertz CT molecular complexity index is 1060. The Kier molecular flexibility index (Phi) is 12.9. The highest BCUT2D eigenvalue weighted by atomic mass is 35.5. The smallest absolute Gasteiger partial charge is 0.480 e. The summed E-state index contributed by atoms with van der Waals surface area (Å²) in [5.74, 6) is -3.11. The van der Waals surface area contributed by atoms with Crippen LogP contribution >= 0.6 is 12.4 Å². The molecule has 0 amide bonds. The van der Waals surface area contributed by atoms with E-state index < -0.39 is 42.3 Å². The first kappa shape index (κ1) is 31.2. The molecule has 0 aliphatic carbocycles. The molecule has 37 heavy (non-hydrogen) atoms. The third kappa shape index (κ3) is 9.62. The van der Waals surface area contributed by atoms with Crippen LogP contribution in [-0.2, 0) is 19.0 Å². The molecule has 0 aliphatic rings. The largest absolute Gasteiger partial charge is 0.513 e. The molecule has 0 spiro atoms. The molecule has 11 nitrogen and oxygen atoms in total. The number of benzene rings is 2. The Morgan fingerprint density at radius 2 is 1.46 bits per heavy atom. The van der Waals surface area contributed by atoms with Crippen molar-refractivity contribution in [2.24, 2.45) is 5.73 Å². The van der Waals surface area contributed by atoms with Crippen LogP contribution in [0.4, 0.5) is 9.59 Å². The first-order valence-electron chi connectivity index (χ1n) is 11.2. The summed E-state index contributed by atoms with van der Waals surface area (Å²) in [5, 5.41) is 9.58. The van der Waals surface area contributed by atoms with Crippen molar-refractivity contribution >= 4 is 36.7 Å². The van der Waals surface area contributed by atoms with Gasteiger partial charge in [0.1, 0.15) is 12.1 Å². The maximum atomic E-state index is 12.4. The minimum atomic E-state index is -1.39. The highest BCUT2D eigenvalue weighted by Gasteiger charge is 2.30. The number of halogens is 1. The highest BCUT2D eigenvalue weighted by molar-refractivity contribution is 5.89. The maximum Gasteiger partial charge on any atom is 0.513 e. The van der Waals surface area contributed by atoms with E-state index in [1.807, 2.05) is 0 Å². The van der Waals surface area contributed by atoms with Crippen molar-refractivity contribution in [1.29, 1.82) is 0 Å². The molecule has 2 aromatic rings. The molecule has 3 N–H and O–H groups in total. The molecule has 0 radical (unpaired) electrons. The fourth-order valence-corrected chi connectivity index (χ4v) is 3.29. The SMILES string of the molecule is CCOC(=O)Oc1ccc(C(C[C@@H](C)OC(=O)c2ccccc2)[C@H](N)C(=O)O)cc1OC(=O)OCC.Cl. The van der Waals surface area contributed by atoms with Gasteiger partial charge in [-0.3, -0.25) is 4.79 Å². The van der Waals surface area contributed by atoms with E-state index >= 15 is 0 Å². The van der Waals surface area contributed by atoms with Crippen LogP contribution in [-0.4, -0.2) is 54.7 Å². The molecule has 0 saturated heterocycles. The zero-order valence-electron chi connectivity index (χ0n) is 20.6. The molecular formula is C25H30ClNO10. The van der Waals surface area contributed by atoms with Gasteiger partial charge < -0.3 is 34.5 Å². The predicted molar refractivity (Wildman–Crippen MR) is 133 cm³/mol. The lowest BCUT2D eigenvalue weighted by Gasteiger charge is -2.25. The average molecular weight is 540 g/mol. The second-order valence-electron chi connectivity index (χ2n) is 7.56. The molecule has 202 valence electrons. The van der Waals surface area contributed by atoms with Gasteiger partial charge in [0.15, 0.2) is 11.5 Å². The number of esters is 1. The van der Waals surface area contributed by atoms with Gasteiger partial charge >= 0.3 is 24.2 Å². The molecule has 12 heteroatoms. The van der Waals surface area contributed by atoms with Crippen molar-refractivity contribution in [3.05, 3.63) is 59.7 Å². The maximum absolute atomic E-state index is 12.4. The number of aliphatic carboxylic acids is 1. The molecule has 1 unspecified atom stereocenters. The molecular weight excluding hydrogens is 510 g/mol. The number of hydrogen-bond acceptors (Lipinski definition) is 10. The molecule has 0 heterocycles. The van der Waals surface area contributed by atoms with Crippen molar-refractivity contribution in [2.75, 3.05) is 13.2 Å². The summed E-state index contributed by atoms with van der Waals surface area (Å²) in [5.41, 5.74) is 6.64. The van der Waals surface area contributed by atoms with Crippen molar-refractivity contribution in [1.82, 2.24) is 0 Å². The van der Waals surface area contributed by atoms with Crippen molar-refractivity contribution < 1.29 is 48.0 Å². The molecule has 0 aromatic heterocycles. The Morgan fingerprint density at radius 3 is 2.00 bits per heavy atom. The number of carboxylic acids is 1. The summed E-state index contributed by atoms with van der Waals surface area (Å²) >= 11 is 0.